The van der Waals surface area contributed by atoms with Crippen molar-refractivity contribution in [2.75, 3.05) is 39.5 Å². The fourth-order valence-corrected chi connectivity index (χ4v) is 3.83. The van der Waals surface area contributed by atoms with Gasteiger partial charge in [0.1, 0.15) is 0 Å². The molecule has 2 rings (SSSR count). The van der Waals surface area contributed by atoms with E-state index in [1.165, 1.54) is 24.3 Å². The predicted molar refractivity (Wildman–Crippen MR) is 89.4 cm³/mol. The second-order valence-corrected chi connectivity index (χ2v) is 7.40. The lowest BCUT2D eigenvalue weighted by Gasteiger charge is -2.29. The van der Waals surface area contributed by atoms with Crippen LogP contribution in [-0.4, -0.2) is 64.8 Å². The monoisotopic (exact) mass is 356 g/mol. The second-order valence-electron chi connectivity index (χ2n) is 5.68. The van der Waals surface area contributed by atoms with Crippen molar-refractivity contribution < 1.29 is 22.7 Å². The summed E-state index contributed by atoms with van der Waals surface area (Å²) in [5, 5.41) is 0. The number of nitrogens with zero attached hydrogens (tertiary/aromatic N) is 1. The van der Waals surface area contributed by atoms with E-state index in [-0.39, 0.29) is 23.1 Å². The van der Waals surface area contributed by atoms with Crippen molar-refractivity contribution in [3.8, 4) is 0 Å². The van der Waals surface area contributed by atoms with Gasteiger partial charge in [-0.3, -0.25) is 4.90 Å². The van der Waals surface area contributed by atoms with Crippen LogP contribution in [0.25, 0.3) is 0 Å². The highest BCUT2D eigenvalue weighted by Gasteiger charge is 2.21. The normalized spacial score (nSPS) is 17.4. The minimum Gasteiger partial charge on any atom is -0.462 e. The molecule has 1 fully saturated rings. The van der Waals surface area contributed by atoms with Gasteiger partial charge in [-0.15, -0.1) is 0 Å². The Morgan fingerprint density at radius 2 is 2.08 bits per heavy atom. The number of carbonyl (C=O) groups is 1. The average molecular weight is 356 g/mol. The Labute approximate surface area is 143 Å². The van der Waals surface area contributed by atoms with Gasteiger partial charge in [-0.25, -0.2) is 17.9 Å². The molecule has 0 spiro atoms. The molecule has 0 saturated carbocycles. The van der Waals surface area contributed by atoms with Gasteiger partial charge in [-0.2, -0.15) is 0 Å². The highest BCUT2D eigenvalue weighted by atomic mass is 32.2. The molecule has 1 aliphatic heterocycles. The molecule has 134 valence electrons. The summed E-state index contributed by atoms with van der Waals surface area (Å²) in [6.45, 7) is 7.30. The quantitative estimate of drug-likeness (QED) is 0.730. The molecule has 1 N–H and O–H groups in total. The first-order valence-corrected chi connectivity index (χ1v) is 9.50. The summed E-state index contributed by atoms with van der Waals surface area (Å²) in [6, 6.07) is 5.62. The minimum atomic E-state index is -3.70. The number of nitrogens with one attached hydrogen (secondary N) is 1. The van der Waals surface area contributed by atoms with Crippen LogP contribution in [0.2, 0.25) is 0 Å². The Hall–Kier alpha value is -1.48. The zero-order valence-corrected chi connectivity index (χ0v) is 14.8. The smallest absolute Gasteiger partial charge is 0.338 e. The van der Waals surface area contributed by atoms with E-state index < -0.39 is 16.0 Å². The number of esters is 1. The fourth-order valence-electron chi connectivity index (χ4n) is 2.55. The molecule has 0 radical (unpaired) electrons. The fraction of sp³-hybridized carbons (Fsp3) is 0.562. The molecular weight excluding hydrogens is 332 g/mol. The van der Waals surface area contributed by atoms with Crippen LogP contribution in [0.4, 0.5) is 0 Å². The van der Waals surface area contributed by atoms with Gasteiger partial charge in [0.2, 0.25) is 10.0 Å². The molecule has 1 aromatic rings. The molecule has 1 aromatic carbocycles. The molecule has 7 nitrogen and oxygen atoms in total. The summed E-state index contributed by atoms with van der Waals surface area (Å²) < 4.78 is 37.9. The lowest BCUT2D eigenvalue weighted by molar-refractivity contribution is 0.0354. The summed E-state index contributed by atoms with van der Waals surface area (Å²) in [4.78, 5) is 14.0. The molecule has 1 aliphatic rings. The SMILES string of the molecule is CCOC(=O)c1cccc(S(=O)(=O)NC(C)CN2CCOCC2)c1. The van der Waals surface area contributed by atoms with Gasteiger partial charge in [-0.05, 0) is 32.0 Å². The Morgan fingerprint density at radius 1 is 1.38 bits per heavy atom. The van der Waals surface area contributed by atoms with Crippen molar-refractivity contribution in [1.29, 1.82) is 0 Å². The largest absolute Gasteiger partial charge is 0.462 e. The average Bonchev–Trinajstić information content (AvgIpc) is 2.55. The number of hydrogen-bond acceptors (Lipinski definition) is 6. The van der Waals surface area contributed by atoms with Crippen LogP contribution >= 0.6 is 0 Å². The van der Waals surface area contributed by atoms with Gasteiger partial charge in [0.15, 0.2) is 0 Å². The van der Waals surface area contributed by atoms with Crippen molar-refractivity contribution in [3.63, 3.8) is 0 Å². The van der Waals surface area contributed by atoms with E-state index in [1.807, 2.05) is 6.92 Å². The highest BCUT2D eigenvalue weighted by molar-refractivity contribution is 7.89. The zero-order valence-electron chi connectivity index (χ0n) is 14.0. The van der Waals surface area contributed by atoms with Gasteiger partial charge >= 0.3 is 5.97 Å². The molecule has 0 aromatic heterocycles. The molecular formula is C16H24N2O5S. The van der Waals surface area contributed by atoms with Crippen LogP contribution < -0.4 is 4.72 Å². The third-order valence-electron chi connectivity index (χ3n) is 3.65. The third kappa shape index (κ3) is 5.27. The van der Waals surface area contributed by atoms with Gasteiger partial charge in [0.05, 0.1) is 30.3 Å². The number of ether oxygens (including phenoxy) is 2. The van der Waals surface area contributed by atoms with Gasteiger partial charge < -0.3 is 9.47 Å². The van der Waals surface area contributed by atoms with E-state index >= 15 is 0 Å². The molecule has 1 atom stereocenters. The lowest BCUT2D eigenvalue weighted by atomic mass is 10.2. The maximum Gasteiger partial charge on any atom is 0.338 e. The van der Waals surface area contributed by atoms with Crippen LogP contribution in [0.1, 0.15) is 24.2 Å². The zero-order chi connectivity index (χ0) is 17.6. The predicted octanol–water partition coefficient (Wildman–Crippen LogP) is 0.862. The molecule has 1 heterocycles. The minimum absolute atomic E-state index is 0.0573. The maximum absolute atomic E-state index is 12.5. The first kappa shape index (κ1) is 18.9. The summed E-state index contributed by atoms with van der Waals surface area (Å²) in [6.07, 6.45) is 0. The van der Waals surface area contributed by atoms with E-state index in [2.05, 4.69) is 9.62 Å². The number of hydrogen-bond donors (Lipinski definition) is 1. The molecule has 8 heteroatoms. The molecule has 1 unspecified atom stereocenters. The Morgan fingerprint density at radius 3 is 2.75 bits per heavy atom. The molecule has 1 saturated heterocycles. The molecule has 0 amide bonds. The van der Waals surface area contributed by atoms with Crippen molar-refractivity contribution in [1.82, 2.24) is 9.62 Å². The Balaban J connectivity index is 2.03. The standard InChI is InChI=1S/C16H24N2O5S/c1-3-23-16(19)14-5-4-6-15(11-14)24(20,21)17-13(2)12-18-7-9-22-10-8-18/h4-6,11,13,17H,3,7-10,12H2,1-2H3. The summed E-state index contributed by atoms with van der Waals surface area (Å²) in [5.41, 5.74) is 0.223. The molecule has 24 heavy (non-hydrogen) atoms. The lowest BCUT2D eigenvalue weighted by Crippen LogP contribution is -2.45. The number of rotatable bonds is 7. The maximum atomic E-state index is 12.5. The summed E-state index contributed by atoms with van der Waals surface area (Å²) in [7, 11) is -3.70. The first-order chi connectivity index (χ1) is 11.4. The molecule has 0 aliphatic carbocycles. The van der Waals surface area contributed by atoms with E-state index in [0.29, 0.717) is 19.8 Å². The number of sulfonamides is 1. The number of benzene rings is 1. The van der Waals surface area contributed by atoms with Crippen LogP contribution in [0, 0.1) is 0 Å². The van der Waals surface area contributed by atoms with Gasteiger partial charge in [0, 0.05) is 25.7 Å². The van der Waals surface area contributed by atoms with E-state index in [0.717, 1.165) is 13.1 Å². The van der Waals surface area contributed by atoms with E-state index in [1.54, 1.807) is 6.92 Å². The second kappa shape index (κ2) is 8.57. The van der Waals surface area contributed by atoms with Gasteiger partial charge in [-0.1, -0.05) is 6.07 Å². The molecule has 0 bridgehead atoms. The number of morpholine rings is 1. The topological polar surface area (TPSA) is 84.9 Å². The Kier molecular flexibility index (Phi) is 6.73. The number of carbonyl (C=O) groups excluding carboxylic acids is 1. The first-order valence-electron chi connectivity index (χ1n) is 8.02. The third-order valence-corrected chi connectivity index (χ3v) is 5.23. The highest BCUT2D eigenvalue weighted by Crippen LogP contribution is 2.13. The van der Waals surface area contributed by atoms with Crippen LogP contribution in [0.3, 0.4) is 0 Å². The Bertz CT molecular complexity index is 656. The van der Waals surface area contributed by atoms with Crippen molar-refractivity contribution in [2.24, 2.45) is 0 Å². The van der Waals surface area contributed by atoms with Crippen molar-refractivity contribution >= 4 is 16.0 Å². The van der Waals surface area contributed by atoms with Gasteiger partial charge in [0.25, 0.3) is 0 Å². The van der Waals surface area contributed by atoms with Crippen LogP contribution in [-0.2, 0) is 19.5 Å². The summed E-state index contributed by atoms with van der Waals surface area (Å²) >= 11 is 0. The van der Waals surface area contributed by atoms with Crippen molar-refractivity contribution in [2.45, 2.75) is 24.8 Å². The summed E-state index contributed by atoms with van der Waals surface area (Å²) in [5.74, 6) is -0.532. The van der Waals surface area contributed by atoms with Crippen LogP contribution in [0.15, 0.2) is 29.2 Å². The van der Waals surface area contributed by atoms with Crippen molar-refractivity contribution in [3.05, 3.63) is 29.8 Å². The van der Waals surface area contributed by atoms with E-state index in [9.17, 15) is 13.2 Å². The van der Waals surface area contributed by atoms with Crippen LogP contribution in [0.5, 0.6) is 0 Å². The van der Waals surface area contributed by atoms with E-state index in [4.69, 9.17) is 9.47 Å².